The van der Waals surface area contributed by atoms with Crippen LogP contribution in [-0.2, 0) is 19.2 Å². The van der Waals surface area contributed by atoms with Crippen molar-refractivity contribution in [3.8, 4) is 0 Å². The van der Waals surface area contributed by atoms with E-state index >= 15 is 0 Å². The monoisotopic (exact) mass is 476 g/mol. The average Bonchev–Trinajstić information content (AvgIpc) is 2.76. The van der Waals surface area contributed by atoms with E-state index in [4.69, 9.17) is 33.1 Å². The number of rotatable bonds is 17. The number of nitrogens with zero attached hydrogens (tertiary/aromatic N) is 1. The Morgan fingerprint density at radius 1 is 0.788 bits per heavy atom. The number of hydrogen-bond donors (Lipinski definition) is 10. The lowest BCUT2D eigenvalue weighted by Crippen LogP contribution is -2.58. The summed E-state index contributed by atoms with van der Waals surface area (Å²) in [6.45, 7) is -1.08. The van der Waals surface area contributed by atoms with Gasteiger partial charge in [-0.05, 0) is 38.6 Å². The van der Waals surface area contributed by atoms with E-state index in [0.717, 1.165) is 0 Å². The van der Waals surface area contributed by atoms with Gasteiger partial charge in [-0.25, -0.2) is 4.79 Å². The van der Waals surface area contributed by atoms with E-state index in [9.17, 15) is 24.3 Å². The molecule has 0 radical (unpaired) electrons. The number of hydrogen-bond acceptors (Lipinski definition) is 9. The molecule has 3 amide bonds. The number of guanidine groups is 1. The zero-order chi connectivity index (χ0) is 25.4. The largest absolute Gasteiger partial charge is 0.480 e. The molecule has 190 valence electrons. The second-order valence-electron chi connectivity index (χ2n) is 7.23. The number of amides is 3. The molecule has 33 heavy (non-hydrogen) atoms. The topological polar surface area (TPSA) is 282 Å². The van der Waals surface area contributed by atoms with E-state index in [2.05, 4.69) is 15.6 Å². The van der Waals surface area contributed by atoms with Crippen molar-refractivity contribution in [2.45, 2.75) is 56.3 Å². The Morgan fingerprint density at radius 3 is 1.85 bits per heavy atom. The highest BCUT2D eigenvalue weighted by atomic mass is 16.4. The Morgan fingerprint density at radius 2 is 1.33 bits per heavy atom. The van der Waals surface area contributed by atoms with Crippen LogP contribution in [0.5, 0.6) is 0 Å². The van der Waals surface area contributed by atoms with Gasteiger partial charge in [0.1, 0.15) is 18.1 Å². The van der Waals surface area contributed by atoms with Crippen molar-refractivity contribution in [1.29, 1.82) is 0 Å². The van der Waals surface area contributed by atoms with Crippen LogP contribution in [0.3, 0.4) is 0 Å². The molecule has 0 saturated heterocycles. The van der Waals surface area contributed by atoms with Gasteiger partial charge in [-0.15, -0.1) is 0 Å². The average molecular weight is 477 g/mol. The van der Waals surface area contributed by atoms with Gasteiger partial charge in [-0.1, -0.05) is 0 Å². The molecule has 0 aromatic rings. The van der Waals surface area contributed by atoms with Gasteiger partial charge < -0.3 is 54.2 Å². The molecule has 14 N–H and O–H groups in total. The van der Waals surface area contributed by atoms with Gasteiger partial charge in [-0.2, -0.15) is 0 Å². The molecule has 0 aliphatic heterocycles. The number of aliphatic hydroxyl groups excluding tert-OH is 2. The first-order valence-corrected chi connectivity index (χ1v) is 10.4. The quantitative estimate of drug-likeness (QED) is 0.0538. The van der Waals surface area contributed by atoms with Crippen molar-refractivity contribution < 1.29 is 34.5 Å². The SMILES string of the molecule is NCCCCC(NC(=O)C(N)CCCN=C(N)N)C(=O)NC(CO)C(=O)NC(CO)C(=O)O. The van der Waals surface area contributed by atoms with Crippen molar-refractivity contribution in [2.24, 2.45) is 27.9 Å². The van der Waals surface area contributed by atoms with Gasteiger partial charge >= 0.3 is 5.97 Å². The molecule has 0 aliphatic rings. The summed E-state index contributed by atoms with van der Waals surface area (Å²) in [5.74, 6) is -3.98. The zero-order valence-electron chi connectivity index (χ0n) is 18.4. The highest BCUT2D eigenvalue weighted by Crippen LogP contribution is 2.04. The third-order valence-electron chi connectivity index (χ3n) is 4.50. The van der Waals surface area contributed by atoms with Gasteiger partial charge in [0.2, 0.25) is 17.7 Å². The number of aliphatic carboxylic acids is 1. The van der Waals surface area contributed by atoms with Crippen LogP contribution in [0.2, 0.25) is 0 Å². The molecular formula is C18H36N8O7. The fraction of sp³-hybridized carbons (Fsp3) is 0.722. The van der Waals surface area contributed by atoms with Crippen LogP contribution in [-0.4, -0.2) is 95.4 Å². The standard InChI is InChI=1S/C18H36N8O7/c19-6-2-1-5-11(24-14(29)10(20)4-3-7-23-18(21)22)15(30)25-12(8-27)16(31)26-13(9-28)17(32)33/h10-13,27-28H,1-9,19-20H2,(H,24,29)(H,25,30)(H,26,31)(H,32,33)(H4,21,22,23). The number of aliphatic hydroxyl groups is 2. The molecule has 0 bridgehead atoms. The smallest absolute Gasteiger partial charge is 0.328 e. The lowest BCUT2D eigenvalue weighted by Gasteiger charge is -2.24. The van der Waals surface area contributed by atoms with Gasteiger partial charge in [-0.3, -0.25) is 19.4 Å². The lowest BCUT2D eigenvalue weighted by atomic mass is 10.1. The molecule has 0 saturated carbocycles. The number of unbranched alkanes of at least 4 members (excludes halogenated alkanes) is 1. The summed E-state index contributed by atoms with van der Waals surface area (Å²) in [6, 6.07) is -5.14. The maximum absolute atomic E-state index is 12.7. The number of carbonyl (C=O) groups excluding carboxylic acids is 3. The molecule has 0 rings (SSSR count). The van der Waals surface area contributed by atoms with Gasteiger partial charge in [0, 0.05) is 6.54 Å². The third kappa shape index (κ3) is 12.6. The molecule has 0 fully saturated rings. The number of carbonyl (C=O) groups is 4. The van der Waals surface area contributed by atoms with Crippen molar-refractivity contribution in [2.75, 3.05) is 26.3 Å². The Labute approximate surface area is 191 Å². The summed E-state index contributed by atoms with van der Waals surface area (Å²) in [5, 5.41) is 34.1. The number of nitrogens with two attached hydrogens (primary N) is 4. The predicted molar refractivity (Wildman–Crippen MR) is 118 cm³/mol. The number of nitrogens with one attached hydrogen (secondary N) is 3. The molecule has 15 heteroatoms. The van der Waals surface area contributed by atoms with E-state index in [1.807, 2.05) is 5.32 Å². The third-order valence-corrected chi connectivity index (χ3v) is 4.50. The first-order chi connectivity index (χ1) is 15.6. The molecule has 0 spiro atoms. The predicted octanol–water partition coefficient (Wildman–Crippen LogP) is -4.98. The van der Waals surface area contributed by atoms with Crippen LogP contribution in [0.4, 0.5) is 0 Å². The highest BCUT2D eigenvalue weighted by Gasteiger charge is 2.29. The van der Waals surface area contributed by atoms with Crippen LogP contribution in [0.15, 0.2) is 4.99 Å². The Bertz CT molecular complexity index is 672. The summed E-state index contributed by atoms with van der Waals surface area (Å²) in [4.78, 5) is 52.0. The van der Waals surface area contributed by atoms with Crippen LogP contribution >= 0.6 is 0 Å². The Hall–Kier alpha value is -3.01. The lowest BCUT2D eigenvalue weighted by molar-refractivity contribution is -0.143. The van der Waals surface area contributed by atoms with Crippen molar-refractivity contribution in [3.63, 3.8) is 0 Å². The summed E-state index contributed by atoms with van der Waals surface area (Å²) in [6.07, 6.45) is 1.92. The first-order valence-electron chi connectivity index (χ1n) is 10.4. The van der Waals surface area contributed by atoms with Crippen LogP contribution < -0.4 is 38.9 Å². The number of carboxylic acids is 1. The molecule has 4 unspecified atom stereocenters. The zero-order valence-corrected chi connectivity index (χ0v) is 18.4. The second kappa shape index (κ2) is 16.6. The summed E-state index contributed by atoms with van der Waals surface area (Å²) >= 11 is 0. The van der Waals surface area contributed by atoms with Crippen LogP contribution in [0.25, 0.3) is 0 Å². The second-order valence-corrected chi connectivity index (χ2v) is 7.23. The van der Waals surface area contributed by atoms with Crippen molar-refractivity contribution >= 4 is 29.7 Å². The van der Waals surface area contributed by atoms with E-state index in [1.165, 1.54) is 0 Å². The van der Waals surface area contributed by atoms with Gasteiger partial charge in [0.05, 0.1) is 19.3 Å². The maximum Gasteiger partial charge on any atom is 0.328 e. The minimum absolute atomic E-state index is 0.0826. The summed E-state index contributed by atoms with van der Waals surface area (Å²) in [5.41, 5.74) is 21.8. The van der Waals surface area contributed by atoms with Gasteiger partial charge in [0.15, 0.2) is 5.96 Å². The highest BCUT2D eigenvalue weighted by molar-refractivity contribution is 5.94. The minimum atomic E-state index is -1.61. The van der Waals surface area contributed by atoms with Crippen LogP contribution in [0.1, 0.15) is 32.1 Å². The number of aliphatic imine (C=N–C) groups is 1. The minimum Gasteiger partial charge on any atom is -0.480 e. The molecular weight excluding hydrogens is 440 g/mol. The van der Waals surface area contributed by atoms with E-state index in [0.29, 0.717) is 25.8 Å². The molecule has 0 heterocycles. The molecule has 0 aliphatic carbocycles. The molecule has 0 aromatic carbocycles. The fourth-order valence-electron chi connectivity index (χ4n) is 2.62. The summed E-state index contributed by atoms with van der Waals surface area (Å²) < 4.78 is 0. The number of carboxylic acid groups (broad SMARTS) is 1. The maximum atomic E-state index is 12.7. The molecule has 15 nitrogen and oxygen atoms in total. The molecule has 0 aromatic heterocycles. The molecule has 4 atom stereocenters. The Balaban J connectivity index is 5.09. The van der Waals surface area contributed by atoms with Gasteiger partial charge in [0.25, 0.3) is 0 Å². The van der Waals surface area contributed by atoms with Crippen LogP contribution in [0, 0.1) is 0 Å². The summed E-state index contributed by atoms with van der Waals surface area (Å²) in [7, 11) is 0. The van der Waals surface area contributed by atoms with E-state index in [1.54, 1.807) is 0 Å². The first kappa shape index (κ1) is 30.0. The van der Waals surface area contributed by atoms with E-state index < -0.39 is 61.1 Å². The normalized spacial score (nSPS) is 14.3. The fourth-order valence-corrected chi connectivity index (χ4v) is 2.62. The van der Waals surface area contributed by atoms with Crippen molar-refractivity contribution in [1.82, 2.24) is 16.0 Å². The van der Waals surface area contributed by atoms with E-state index in [-0.39, 0.29) is 25.3 Å². The Kier molecular flexibility index (Phi) is 15.1. The van der Waals surface area contributed by atoms with Crippen molar-refractivity contribution in [3.05, 3.63) is 0 Å².